The summed E-state index contributed by atoms with van der Waals surface area (Å²) in [7, 11) is 0. The summed E-state index contributed by atoms with van der Waals surface area (Å²) in [5, 5.41) is 0. The maximum atomic E-state index is 3.53. The van der Waals surface area contributed by atoms with E-state index < -0.39 is 0 Å². The van der Waals surface area contributed by atoms with Gasteiger partial charge in [0.2, 0.25) is 0 Å². The smallest absolute Gasteiger partial charge is 0.0202 e. The van der Waals surface area contributed by atoms with Gasteiger partial charge in [-0.15, -0.1) is 0 Å². The van der Waals surface area contributed by atoms with Crippen molar-refractivity contribution in [2.75, 3.05) is 0 Å². The molecule has 31 valence electrons. The van der Waals surface area contributed by atoms with Crippen LogP contribution in [0.3, 0.4) is 0 Å². The molecular weight excluding hydrogens is 72.1 g/mol. The number of hydrogen-bond donors (Lipinski definition) is 0. The van der Waals surface area contributed by atoms with Crippen molar-refractivity contribution in [1.29, 1.82) is 0 Å². The van der Waals surface area contributed by atoms with E-state index >= 15 is 0 Å². The first-order chi connectivity index (χ1) is 2.77. The maximum Gasteiger partial charge on any atom is 0.0202 e. The van der Waals surface area contributed by atoms with Gasteiger partial charge in [0.1, 0.15) is 0 Å². The van der Waals surface area contributed by atoms with E-state index in [-0.39, 0.29) is 0 Å². The third-order valence-corrected chi connectivity index (χ3v) is 0.302. The third kappa shape index (κ3) is 3.30. The lowest BCUT2D eigenvalue weighted by Crippen LogP contribution is -1.55. The van der Waals surface area contributed by atoms with Gasteiger partial charge in [-0.3, -0.25) is 0 Å². The molecule has 0 bridgehead atoms. The molecule has 0 rings (SSSR count). The molecule has 0 unspecified atom stereocenters. The fraction of sp³-hybridized carbons (Fsp3) is 0.167. The van der Waals surface area contributed by atoms with Crippen LogP contribution in [0.2, 0.25) is 0 Å². The Labute approximate surface area is 38.9 Å². The van der Waals surface area contributed by atoms with Crippen LogP contribution in [0.5, 0.6) is 0 Å². The summed E-state index contributed by atoms with van der Waals surface area (Å²) >= 11 is 0. The highest BCUT2D eigenvalue weighted by Crippen LogP contribution is 1.76. The van der Waals surface area contributed by atoms with Crippen LogP contribution in [-0.4, -0.2) is 0 Å². The minimum absolute atomic E-state index is 0.866. The lowest BCUT2D eigenvalue weighted by Gasteiger charge is -1.69. The predicted molar refractivity (Wildman–Crippen MR) is 27.9 cm³/mol. The van der Waals surface area contributed by atoms with Crippen molar-refractivity contribution >= 4 is 0 Å². The first-order valence-electron chi connectivity index (χ1n) is 1.71. The Kier molecular flexibility index (Phi) is 2.24. The average molecular weight is 79.1 g/mol. The Morgan fingerprint density at radius 1 is 1.67 bits per heavy atom. The molecule has 0 atom stereocenters. The molecule has 0 fully saturated rings. The van der Waals surface area contributed by atoms with Crippen molar-refractivity contribution in [3.63, 3.8) is 0 Å². The van der Waals surface area contributed by atoms with Crippen molar-refractivity contribution in [1.82, 2.24) is 0 Å². The minimum Gasteiger partial charge on any atom is -0.0973 e. The van der Waals surface area contributed by atoms with Crippen LogP contribution < -0.4 is 0 Å². The van der Waals surface area contributed by atoms with E-state index in [2.05, 4.69) is 25.3 Å². The first-order valence-corrected chi connectivity index (χ1v) is 1.71. The molecule has 0 aromatic rings. The number of hydrogen-bond acceptors (Lipinski definition) is 0. The second-order valence-corrected chi connectivity index (χ2v) is 1.08. The van der Waals surface area contributed by atoms with E-state index in [0.29, 0.717) is 0 Å². The second kappa shape index (κ2) is 2.53. The van der Waals surface area contributed by atoms with Gasteiger partial charge in [0, 0.05) is 6.92 Å². The highest BCUT2D eigenvalue weighted by Gasteiger charge is 1.62. The number of allylic oxidation sites excluding steroid dienone is 1. The van der Waals surface area contributed by atoms with Gasteiger partial charge >= 0.3 is 0 Å². The van der Waals surface area contributed by atoms with Crippen molar-refractivity contribution in [3.8, 4) is 11.8 Å². The van der Waals surface area contributed by atoms with E-state index in [1.807, 2.05) is 6.92 Å². The zero-order valence-electron chi connectivity index (χ0n) is 3.91. The van der Waals surface area contributed by atoms with Crippen LogP contribution in [0.15, 0.2) is 12.2 Å². The van der Waals surface area contributed by atoms with E-state index in [1.165, 1.54) is 0 Å². The van der Waals surface area contributed by atoms with Gasteiger partial charge in [0.15, 0.2) is 0 Å². The SMILES string of the molecule is [CH2]C#CC(=C)C. The summed E-state index contributed by atoms with van der Waals surface area (Å²) in [5.74, 6) is 5.12. The quantitative estimate of drug-likeness (QED) is 0.385. The normalized spacial score (nSPS) is 5.67. The molecule has 0 aliphatic carbocycles. The van der Waals surface area contributed by atoms with E-state index in [9.17, 15) is 0 Å². The first kappa shape index (κ1) is 5.30. The third-order valence-electron chi connectivity index (χ3n) is 0.302. The molecule has 0 heteroatoms. The van der Waals surface area contributed by atoms with Crippen LogP contribution in [0.1, 0.15) is 6.92 Å². The fourth-order valence-electron chi connectivity index (χ4n) is 0.151. The standard InChI is InChI=1S/C6H7/c1-4-5-6(2)3/h1-2H2,3H3. The Morgan fingerprint density at radius 2 is 2.17 bits per heavy atom. The molecule has 0 nitrogen and oxygen atoms in total. The van der Waals surface area contributed by atoms with Gasteiger partial charge in [-0.1, -0.05) is 18.4 Å². The van der Waals surface area contributed by atoms with Gasteiger partial charge in [-0.2, -0.15) is 0 Å². The maximum absolute atomic E-state index is 3.53. The second-order valence-electron chi connectivity index (χ2n) is 1.08. The Bertz CT molecular complexity index is 98.9. The number of rotatable bonds is 0. The Morgan fingerprint density at radius 3 is 2.17 bits per heavy atom. The summed E-state index contributed by atoms with van der Waals surface area (Å²) in [6, 6.07) is 0. The molecule has 0 heterocycles. The van der Waals surface area contributed by atoms with Crippen molar-refractivity contribution in [3.05, 3.63) is 19.1 Å². The summed E-state index contributed by atoms with van der Waals surface area (Å²) in [4.78, 5) is 0. The minimum atomic E-state index is 0.866. The van der Waals surface area contributed by atoms with Crippen molar-refractivity contribution in [2.24, 2.45) is 0 Å². The van der Waals surface area contributed by atoms with Crippen LogP contribution in [0.4, 0.5) is 0 Å². The largest absolute Gasteiger partial charge is 0.0973 e. The molecule has 0 aromatic heterocycles. The molecule has 0 saturated heterocycles. The van der Waals surface area contributed by atoms with Crippen LogP contribution in [0, 0.1) is 18.8 Å². The summed E-state index contributed by atoms with van der Waals surface area (Å²) in [5.41, 5.74) is 0.866. The Balaban J connectivity index is 3.50. The van der Waals surface area contributed by atoms with Gasteiger partial charge in [0.25, 0.3) is 0 Å². The zero-order chi connectivity index (χ0) is 4.99. The fourth-order valence-corrected chi connectivity index (χ4v) is 0.151. The molecular formula is C6H7. The molecule has 6 heavy (non-hydrogen) atoms. The van der Waals surface area contributed by atoms with E-state index in [4.69, 9.17) is 0 Å². The molecule has 0 aromatic carbocycles. The van der Waals surface area contributed by atoms with E-state index in [0.717, 1.165) is 5.57 Å². The highest BCUT2D eigenvalue weighted by atomic mass is 13.7. The van der Waals surface area contributed by atoms with Crippen LogP contribution in [0.25, 0.3) is 0 Å². The molecule has 0 saturated carbocycles. The molecule has 0 aliphatic heterocycles. The average Bonchev–Trinajstić information content (AvgIpc) is 1.35. The van der Waals surface area contributed by atoms with Crippen molar-refractivity contribution in [2.45, 2.75) is 6.92 Å². The lowest BCUT2D eigenvalue weighted by molar-refractivity contribution is 1.63. The lowest BCUT2D eigenvalue weighted by atomic mass is 10.4. The van der Waals surface area contributed by atoms with Crippen molar-refractivity contribution < 1.29 is 0 Å². The van der Waals surface area contributed by atoms with Gasteiger partial charge in [0.05, 0.1) is 0 Å². The van der Waals surface area contributed by atoms with Crippen LogP contribution >= 0.6 is 0 Å². The topological polar surface area (TPSA) is 0 Å². The summed E-state index contributed by atoms with van der Waals surface area (Å²) < 4.78 is 0. The summed E-state index contributed by atoms with van der Waals surface area (Å²) in [6.45, 7) is 8.68. The molecule has 0 aliphatic rings. The molecule has 0 spiro atoms. The highest BCUT2D eigenvalue weighted by molar-refractivity contribution is 5.23. The van der Waals surface area contributed by atoms with Gasteiger partial charge in [-0.25, -0.2) is 0 Å². The zero-order valence-corrected chi connectivity index (χ0v) is 3.91. The summed E-state index contributed by atoms with van der Waals surface area (Å²) in [6.07, 6.45) is 0. The monoisotopic (exact) mass is 79.1 g/mol. The van der Waals surface area contributed by atoms with Crippen LogP contribution in [-0.2, 0) is 0 Å². The molecule has 0 amide bonds. The van der Waals surface area contributed by atoms with Gasteiger partial charge < -0.3 is 0 Å². The molecule has 1 radical (unpaired) electrons. The molecule has 0 N–H and O–H groups in total. The van der Waals surface area contributed by atoms with Gasteiger partial charge in [-0.05, 0) is 12.5 Å². The van der Waals surface area contributed by atoms with E-state index in [1.54, 1.807) is 0 Å². The Hall–Kier alpha value is -0.700. The predicted octanol–water partition coefficient (Wildman–Crippen LogP) is 1.40.